The molecular formula is C15H24N2O. The van der Waals surface area contributed by atoms with Crippen molar-refractivity contribution in [1.82, 2.24) is 10.6 Å². The number of morpholine rings is 1. The molecule has 2 unspecified atom stereocenters. The zero-order valence-corrected chi connectivity index (χ0v) is 11.2. The van der Waals surface area contributed by atoms with Gasteiger partial charge in [0.05, 0.1) is 13.2 Å². The van der Waals surface area contributed by atoms with E-state index in [2.05, 4.69) is 47.9 Å². The van der Waals surface area contributed by atoms with Gasteiger partial charge in [-0.25, -0.2) is 0 Å². The molecule has 3 nitrogen and oxygen atoms in total. The lowest BCUT2D eigenvalue weighted by Gasteiger charge is -2.26. The van der Waals surface area contributed by atoms with Gasteiger partial charge in [-0.1, -0.05) is 30.3 Å². The van der Waals surface area contributed by atoms with Crippen molar-refractivity contribution in [1.29, 1.82) is 0 Å². The van der Waals surface area contributed by atoms with Gasteiger partial charge in [-0.3, -0.25) is 0 Å². The zero-order valence-electron chi connectivity index (χ0n) is 11.2. The summed E-state index contributed by atoms with van der Waals surface area (Å²) in [5, 5.41) is 7.08. The maximum Gasteiger partial charge on any atom is 0.0620 e. The molecule has 0 spiro atoms. The van der Waals surface area contributed by atoms with Gasteiger partial charge < -0.3 is 15.4 Å². The molecule has 0 aliphatic carbocycles. The lowest BCUT2D eigenvalue weighted by atomic mass is 10.1. The van der Waals surface area contributed by atoms with E-state index in [1.807, 2.05) is 0 Å². The van der Waals surface area contributed by atoms with Crippen LogP contribution in [0.4, 0.5) is 0 Å². The van der Waals surface area contributed by atoms with Crippen LogP contribution in [0.5, 0.6) is 0 Å². The van der Waals surface area contributed by atoms with Gasteiger partial charge in [0, 0.05) is 18.6 Å². The van der Waals surface area contributed by atoms with Crippen LogP contribution in [0.3, 0.4) is 0 Å². The van der Waals surface area contributed by atoms with Gasteiger partial charge in [-0.05, 0) is 31.9 Å². The quantitative estimate of drug-likeness (QED) is 0.802. The van der Waals surface area contributed by atoms with Gasteiger partial charge in [0.2, 0.25) is 0 Å². The van der Waals surface area contributed by atoms with Crippen LogP contribution in [0.2, 0.25) is 0 Å². The highest BCUT2D eigenvalue weighted by Gasteiger charge is 2.15. The fourth-order valence-corrected chi connectivity index (χ4v) is 2.39. The minimum Gasteiger partial charge on any atom is -0.379 e. The highest BCUT2D eigenvalue weighted by Crippen LogP contribution is 2.03. The van der Waals surface area contributed by atoms with E-state index in [1.54, 1.807) is 0 Å². The molecule has 1 aromatic carbocycles. The van der Waals surface area contributed by atoms with E-state index in [-0.39, 0.29) is 0 Å². The van der Waals surface area contributed by atoms with E-state index < -0.39 is 0 Å². The zero-order chi connectivity index (χ0) is 12.6. The maximum absolute atomic E-state index is 5.47. The van der Waals surface area contributed by atoms with E-state index in [0.717, 1.165) is 39.1 Å². The summed E-state index contributed by atoms with van der Waals surface area (Å²) >= 11 is 0. The molecular weight excluding hydrogens is 224 g/mol. The van der Waals surface area contributed by atoms with Gasteiger partial charge in [-0.15, -0.1) is 0 Å². The van der Waals surface area contributed by atoms with Crippen molar-refractivity contribution in [3.63, 3.8) is 0 Å². The molecule has 1 heterocycles. The molecule has 100 valence electrons. The van der Waals surface area contributed by atoms with E-state index in [1.165, 1.54) is 5.56 Å². The Kier molecular flexibility index (Phi) is 5.65. The second-order valence-electron chi connectivity index (χ2n) is 5.05. The normalized spacial score (nSPS) is 21.7. The molecule has 0 saturated carbocycles. The van der Waals surface area contributed by atoms with Crippen molar-refractivity contribution in [3.8, 4) is 0 Å². The molecule has 1 fully saturated rings. The molecule has 2 rings (SSSR count). The Hall–Kier alpha value is -0.900. The first-order valence-corrected chi connectivity index (χ1v) is 6.93. The molecule has 0 amide bonds. The van der Waals surface area contributed by atoms with Crippen molar-refractivity contribution in [2.75, 3.05) is 26.3 Å². The summed E-state index contributed by atoms with van der Waals surface area (Å²) in [7, 11) is 0. The Morgan fingerprint density at radius 3 is 2.94 bits per heavy atom. The van der Waals surface area contributed by atoms with Gasteiger partial charge in [-0.2, -0.15) is 0 Å². The second kappa shape index (κ2) is 7.52. The fraction of sp³-hybridized carbons (Fsp3) is 0.600. The number of rotatable bonds is 6. The Balaban J connectivity index is 1.61. The average Bonchev–Trinajstić information content (AvgIpc) is 2.41. The molecule has 2 atom stereocenters. The predicted octanol–water partition coefficient (Wildman–Crippen LogP) is 1.59. The first-order valence-electron chi connectivity index (χ1n) is 6.93. The van der Waals surface area contributed by atoms with Crippen molar-refractivity contribution < 1.29 is 4.74 Å². The highest BCUT2D eigenvalue weighted by molar-refractivity contribution is 5.14. The van der Waals surface area contributed by atoms with Gasteiger partial charge in [0.1, 0.15) is 0 Å². The molecule has 1 aliphatic rings. The molecule has 1 aliphatic heterocycles. The van der Waals surface area contributed by atoms with Crippen LogP contribution in [-0.2, 0) is 11.2 Å². The van der Waals surface area contributed by atoms with Crippen LogP contribution in [-0.4, -0.2) is 38.4 Å². The average molecular weight is 248 g/mol. The summed E-state index contributed by atoms with van der Waals surface area (Å²) in [4.78, 5) is 0. The first-order chi connectivity index (χ1) is 8.84. The fourth-order valence-electron chi connectivity index (χ4n) is 2.39. The van der Waals surface area contributed by atoms with Gasteiger partial charge in [0.25, 0.3) is 0 Å². The lowest BCUT2D eigenvalue weighted by Crippen LogP contribution is -2.45. The third kappa shape index (κ3) is 4.77. The number of benzene rings is 1. The third-order valence-corrected chi connectivity index (χ3v) is 3.39. The topological polar surface area (TPSA) is 33.3 Å². The van der Waals surface area contributed by atoms with Gasteiger partial charge >= 0.3 is 0 Å². The van der Waals surface area contributed by atoms with E-state index >= 15 is 0 Å². The number of hydrogen-bond acceptors (Lipinski definition) is 3. The lowest BCUT2D eigenvalue weighted by molar-refractivity contribution is 0.0713. The maximum atomic E-state index is 5.47. The minimum atomic E-state index is 0.512. The Morgan fingerprint density at radius 2 is 2.22 bits per heavy atom. The van der Waals surface area contributed by atoms with Crippen molar-refractivity contribution in [2.45, 2.75) is 31.8 Å². The van der Waals surface area contributed by atoms with Gasteiger partial charge in [0.15, 0.2) is 0 Å². The third-order valence-electron chi connectivity index (χ3n) is 3.39. The van der Waals surface area contributed by atoms with Crippen LogP contribution in [0.15, 0.2) is 30.3 Å². The summed E-state index contributed by atoms with van der Waals surface area (Å²) < 4.78 is 5.47. The van der Waals surface area contributed by atoms with Crippen LogP contribution in [0, 0.1) is 0 Å². The summed E-state index contributed by atoms with van der Waals surface area (Å²) in [6, 6.07) is 11.7. The van der Waals surface area contributed by atoms with Crippen molar-refractivity contribution in [3.05, 3.63) is 35.9 Å². The molecule has 0 aromatic heterocycles. The number of nitrogens with one attached hydrogen (secondary N) is 2. The first kappa shape index (κ1) is 13.5. The Morgan fingerprint density at radius 1 is 1.39 bits per heavy atom. The standard InChI is InChI=1S/C15H24N2O/c1-13(11-15-12-18-10-9-17-15)16-8-7-14-5-3-2-4-6-14/h2-6,13,15-17H,7-12H2,1H3. The van der Waals surface area contributed by atoms with Crippen LogP contribution < -0.4 is 10.6 Å². The molecule has 18 heavy (non-hydrogen) atoms. The van der Waals surface area contributed by atoms with E-state index in [4.69, 9.17) is 4.74 Å². The largest absolute Gasteiger partial charge is 0.379 e. The second-order valence-corrected chi connectivity index (χ2v) is 5.05. The van der Waals surface area contributed by atoms with Crippen LogP contribution in [0.1, 0.15) is 18.9 Å². The SMILES string of the molecule is CC(CC1COCCN1)NCCc1ccccc1. The highest BCUT2D eigenvalue weighted by atomic mass is 16.5. The minimum absolute atomic E-state index is 0.512. The molecule has 1 aromatic rings. The van der Waals surface area contributed by atoms with Crippen molar-refractivity contribution >= 4 is 0 Å². The van der Waals surface area contributed by atoms with E-state index in [0.29, 0.717) is 12.1 Å². The Labute approximate surface area is 110 Å². The van der Waals surface area contributed by atoms with Crippen molar-refractivity contribution in [2.24, 2.45) is 0 Å². The van der Waals surface area contributed by atoms with E-state index in [9.17, 15) is 0 Å². The number of ether oxygens (including phenoxy) is 1. The smallest absolute Gasteiger partial charge is 0.0620 e. The summed E-state index contributed by atoms with van der Waals surface area (Å²) in [6.45, 7) is 5.98. The molecule has 0 bridgehead atoms. The van der Waals surface area contributed by atoms with Crippen LogP contribution in [0.25, 0.3) is 0 Å². The predicted molar refractivity (Wildman–Crippen MR) is 74.8 cm³/mol. The monoisotopic (exact) mass is 248 g/mol. The molecule has 0 radical (unpaired) electrons. The summed E-state index contributed by atoms with van der Waals surface area (Å²) in [5.74, 6) is 0. The summed E-state index contributed by atoms with van der Waals surface area (Å²) in [6.07, 6.45) is 2.23. The Bertz CT molecular complexity index is 323. The molecule has 1 saturated heterocycles. The molecule has 3 heteroatoms. The summed E-state index contributed by atoms with van der Waals surface area (Å²) in [5.41, 5.74) is 1.40. The molecule has 2 N–H and O–H groups in total. The number of hydrogen-bond donors (Lipinski definition) is 2. The van der Waals surface area contributed by atoms with Crippen LogP contribution >= 0.6 is 0 Å².